The Bertz CT molecular complexity index is 449. The Kier molecular flexibility index (Phi) is 1.98. The Morgan fingerprint density at radius 2 is 1.93 bits per heavy atom. The number of nitrogens with zero attached hydrogens (tertiary/aromatic N) is 2. The van der Waals surface area contributed by atoms with Crippen molar-refractivity contribution < 1.29 is 4.79 Å². The maximum atomic E-state index is 11.7. The first-order chi connectivity index (χ1) is 6.79. The quantitative estimate of drug-likeness (QED) is 0.676. The van der Waals surface area contributed by atoms with Gasteiger partial charge in [0.15, 0.2) is 11.5 Å². The second-order valence-electron chi connectivity index (χ2n) is 2.75. The van der Waals surface area contributed by atoms with E-state index in [2.05, 4.69) is 15.4 Å². The molecular weight excluding hydrogens is 180 g/mol. The highest BCUT2D eigenvalue weighted by Gasteiger charge is 2.15. The number of hydrogen-bond donors (Lipinski definition) is 2. The molecule has 1 aromatic heterocycles. The van der Waals surface area contributed by atoms with Crippen molar-refractivity contribution in [1.29, 1.82) is 0 Å². The van der Waals surface area contributed by atoms with Crippen molar-refractivity contribution in [2.75, 3.05) is 5.73 Å². The minimum absolute atomic E-state index is 0.124. The highest BCUT2D eigenvalue weighted by atomic mass is 16.1. The van der Waals surface area contributed by atoms with Crippen LogP contribution in [0.25, 0.3) is 0 Å². The summed E-state index contributed by atoms with van der Waals surface area (Å²) < 4.78 is 0. The number of carbonyl (C=O) groups is 1. The van der Waals surface area contributed by atoms with Gasteiger partial charge in [0.2, 0.25) is 5.78 Å². The molecule has 70 valence electrons. The molecule has 1 heterocycles. The number of nitrogens with two attached hydrogens (primary N) is 1. The van der Waals surface area contributed by atoms with Gasteiger partial charge in [-0.3, -0.25) is 4.79 Å². The van der Waals surface area contributed by atoms with E-state index in [1.807, 2.05) is 6.07 Å². The molecule has 0 bridgehead atoms. The summed E-state index contributed by atoms with van der Waals surface area (Å²) in [4.78, 5) is 11.7. The first kappa shape index (κ1) is 8.43. The van der Waals surface area contributed by atoms with E-state index in [9.17, 15) is 4.79 Å². The summed E-state index contributed by atoms with van der Waals surface area (Å²) in [5.41, 5.74) is 6.17. The highest BCUT2D eigenvalue weighted by molar-refractivity contribution is 6.10. The van der Waals surface area contributed by atoms with Gasteiger partial charge in [-0.1, -0.05) is 30.3 Å². The van der Waals surface area contributed by atoms with Crippen LogP contribution in [0.1, 0.15) is 16.1 Å². The zero-order valence-electron chi connectivity index (χ0n) is 7.27. The van der Waals surface area contributed by atoms with Gasteiger partial charge in [-0.15, -0.1) is 5.10 Å². The number of nitrogen functional groups attached to an aromatic ring is 1. The van der Waals surface area contributed by atoms with E-state index in [1.165, 1.54) is 0 Å². The van der Waals surface area contributed by atoms with E-state index in [4.69, 9.17) is 5.73 Å². The van der Waals surface area contributed by atoms with Crippen LogP contribution in [0.4, 0.5) is 5.82 Å². The summed E-state index contributed by atoms with van der Waals surface area (Å²) in [5, 5.41) is 9.57. The standard InChI is InChI=1S/C9H8N4O/c10-9-7(11-13-12-9)8(14)6-4-2-1-3-5-6/h1-5H,(H3,10,11,12,13). The molecule has 5 heteroatoms. The molecule has 1 aromatic carbocycles. The topological polar surface area (TPSA) is 84.7 Å². The minimum atomic E-state index is -0.225. The summed E-state index contributed by atoms with van der Waals surface area (Å²) in [6, 6.07) is 8.81. The fourth-order valence-electron chi connectivity index (χ4n) is 1.13. The van der Waals surface area contributed by atoms with Crippen molar-refractivity contribution >= 4 is 11.6 Å². The van der Waals surface area contributed by atoms with Gasteiger partial charge in [0.25, 0.3) is 0 Å². The van der Waals surface area contributed by atoms with E-state index in [-0.39, 0.29) is 17.3 Å². The summed E-state index contributed by atoms with van der Waals surface area (Å²) in [6.45, 7) is 0. The smallest absolute Gasteiger partial charge is 0.217 e. The second-order valence-corrected chi connectivity index (χ2v) is 2.75. The fourth-order valence-corrected chi connectivity index (χ4v) is 1.13. The maximum Gasteiger partial charge on any atom is 0.217 e. The third-order valence-electron chi connectivity index (χ3n) is 1.83. The van der Waals surface area contributed by atoms with Crippen molar-refractivity contribution in [2.24, 2.45) is 0 Å². The molecule has 3 N–H and O–H groups in total. The van der Waals surface area contributed by atoms with Gasteiger partial charge >= 0.3 is 0 Å². The van der Waals surface area contributed by atoms with E-state index in [1.54, 1.807) is 24.3 Å². The van der Waals surface area contributed by atoms with Crippen LogP contribution < -0.4 is 5.73 Å². The summed E-state index contributed by atoms with van der Waals surface area (Å²) >= 11 is 0. The lowest BCUT2D eigenvalue weighted by Crippen LogP contribution is -2.04. The zero-order valence-corrected chi connectivity index (χ0v) is 7.27. The first-order valence-corrected chi connectivity index (χ1v) is 4.05. The van der Waals surface area contributed by atoms with Crippen molar-refractivity contribution in [3.8, 4) is 0 Å². The largest absolute Gasteiger partial charge is 0.380 e. The molecule has 0 spiro atoms. The molecule has 0 saturated carbocycles. The minimum Gasteiger partial charge on any atom is -0.380 e. The summed E-state index contributed by atoms with van der Waals surface area (Å²) in [5.74, 6) is -0.101. The number of anilines is 1. The number of benzene rings is 1. The van der Waals surface area contributed by atoms with Crippen molar-refractivity contribution in [3.05, 3.63) is 41.6 Å². The number of H-pyrrole nitrogens is 1. The molecule has 14 heavy (non-hydrogen) atoms. The third kappa shape index (κ3) is 1.35. The number of hydrogen-bond acceptors (Lipinski definition) is 4. The molecule has 0 saturated heterocycles. The number of carbonyl (C=O) groups excluding carboxylic acids is 1. The normalized spacial score (nSPS) is 10.0. The van der Waals surface area contributed by atoms with Crippen LogP contribution in [-0.2, 0) is 0 Å². The molecule has 0 aliphatic carbocycles. The van der Waals surface area contributed by atoms with Crippen LogP contribution in [0.3, 0.4) is 0 Å². The number of ketones is 1. The average Bonchev–Trinajstić information content (AvgIpc) is 2.65. The monoisotopic (exact) mass is 188 g/mol. The van der Waals surface area contributed by atoms with Crippen LogP contribution in [0, 0.1) is 0 Å². The summed E-state index contributed by atoms with van der Waals surface area (Å²) in [6.07, 6.45) is 0. The Labute approximate surface area is 79.9 Å². The van der Waals surface area contributed by atoms with Gasteiger partial charge in [-0.2, -0.15) is 10.3 Å². The fraction of sp³-hybridized carbons (Fsp3) is 0. The van der Waals surface area contributed by atoms with Crippen molar-refractivity contribution in [3.63, 3.8) is 0 Å². The molecule has 2 rings (SSSR count). The molecule has 0 aliphatic rings. The Morgan fingerprint density at radius 1 is 1.21 bits per heavy atom. The molecule has 0 amide bonds. The van der Waals surface area contributed by atoms with Crippen LogP contribution >= 0.6 is 0 Å². The number of aromatic amines is 1. The molecule has 0 radical (unpaired) electrons. The molecular formula is C9H8N4O. The Hall–Kier alpha value is -2.17. The van der Waals surface area contributed by atoms with Gasteiger partial charge in [0.1, 0.15) is 0 Å². The van der Waals surface area contributed by atoms with Gasteiger partial charge < -0.3 is 5.73 Å². The highest BCUT2D eigenvalue weighted by Crippen LogP contribution is 2.10. The van der Waals surface area contributed by atoms with Gasteiger partial charge in [0.05, 0.1) is 0 Å². The lowest BCUT2D eigenvalue weighted by atomic mass is 10.1. The lowest BCUT2D eigenvalue weighted by Gasteiger charge is -1.95. The van der Waals surface area contributed by atoms with Crippen LogP contribution in [0.5, 0.6) is 0 Å². The number of rotatable bonds is 2. The SMILES string of the molecule is Nc1n[nH]nc1C(=O)c1ccccc1. The number of nitrogens with one attached hydrogen (secondary N) is 1. The van der Waals surface area contributed by atoms with Crippen LogP contribution in [-0.4, -0.2) is 21.2 Å². The third-order valence-corrected chi connectivity index (χ3v) is 1.83. The van der Waals surface area contributed by atoms with E-state index in [0.29, 0.717) is 5.56 Å². The predicted octanol–water partition coefficient (Wildman–Crippen LogP) is 0.618. The predicted molar refractivity (Wildman–Crippen MR) is 50.7 cm³/mol. The average molecular weight is 188 g/mol. The molecule has 5 nitrogen and oxygen atoms in total. The first-order valence-electron chi connectivity index (χ1n) is 4.05. The van der Waals surface area contributed by atoms with Crippen LogP contribution in [0.15, 0.2) is 30.3 Å². The van der Waals surface area contributed by atoms with Gasteiger partial charge in [-0.05, 0) is 0 Å². The number of aromatic nitrogens is 3. The Balaban J connectivity index is 2.39. The molecule has 0 unspecified atom stereocenters. The van der Waals surface area contributed by atoms with Gasteiger partial charge in [0, 0.05) is 5.56 Å². The van der Waals surface area contributed by atoms with E-state index < -0.39 is 0 Å². The van der Waals surface area contributed by atoms with Gasteiger partial charge in [-0.25, -0.2) is 0 Å². The summed E-state index contributed by atoms with van der Waals surface area (Å²) in [7, 11) is 0. The lowest BCUT2D eigenvalue weighted by molar-refractivity contribution is 0.103. The van der Waals surface area contributed by atoms with Crippen molar-refractivity contribution in [2.45, 2.75) is 0 Å². The maximum absolute atomic E-state index is 11.7. The van der Waals surface area contributed by atoms with E-state index >= 15 is 0 Å². The van der Waals surface area contributed by atoms with E-state index in [0.717, 1.165) is 0 Å². The second kappa shape index (κ2) is 3.29. The Morgan fingerprint density at radius 3 is 2.50 bits per heavy atom. The molecule has 0 aliphatic heterocycles. The van der Waals surface area contributed by atoms with Crippen LogP contribution in [0.2, 0.25) is 0 Å². The molecule has 0 fully saturated rings. The zero-order chi connectivity index (χ0) is 9.97. The molecule has 2 aromatic rings. The van der Waals surface area contributed by atoms with Crippen molar-refractivity contribution in [1.82, 2.24) is 15.4 Å². The molecule has 0 atom stereocenters.